The third-order valence-electron chi connectivity index (χ3n) is 5.93. The Balaban J connectivity index is 1.54. The van der Waals surface area contributed by atoms with Crippen molar-refractivity contribution in [3.05, 3.63) is 86.8 Å². The van der Waals surface area contributed by atoms with Gasteiger partial charge in [-0.05, 0) is 73.7 Å². The van der Waals surface area contributed by atoms with Crippen LogP contribution in [0.2, 0.25) is 5.02 Å². The minimum absolute atomic E-state index is 0.0367. The largest absolute Gasteiger partial charge is 0.491 e. The van der Waals surface area contributed by atoms with Crippen molar-refractivity contribution in [1.29, 1.82) is 0 Å². The number of carbonyl (C=O) groups excluding carboxylic acids is 2. The van der Waals surface area contributed by atoms with E-state index in [1.807, 2.05) is 25.3 Å². The van der Waals surface area contributed by atoms with E-state index < -0.39 is 11.7 Å². The minimum Gasteiger partial charge on any atom is -0.491 e. The van der Waals surface area contributed by atoms with Crippen molar-refractivity contribution < 1.29 is 18.7 Å². The van der Waals surface area contributed by atoms with Crippen LogP contribution in [0.1, 0.15) is 40.7 Å². The predicted octanol–water partition coefficient (Wildman–Crippen LogP) is 5.60. The van der Waals surface area contributed by atoms with Crippen LogP contribution in [0.5, 0.6) is 5.75 Å². The second-order valence-electron chi connectivity index (χ2n) is 8.42. The molecule has 2 heterocycles. The van der Waals surface area contributed by atoms with E-state index in [9.17, 15) is 14.0 Å². The van der Waals surface area contributed by atoms with Gasteiger partial charge in [-0.3, -0.25) is 9.59 Å². The smallest absolute Gasteiger partial charge is 0.257 e. The first-order chi connectivity index (χ1) is 16.3. The Morgan fingerprint density at radius 2 is 1.91 bits per heavy atom. The maximum atomic E-state index is 14.3. The maximum Gasteiger partial charge on any atom is 0.257 e. The molecular weight excluding hydrogens is 475 g/mol. The molecule has 0 spiro atoms. The summed E-state index contributed by atoms with van der Waals surface area (Å²) < 4.78 is 20.3. The van der Waals surface area contributed by atoms with Gasteiger partial charge in [0.05, 0.1) is 11.6 Å². The molecule has 1 aliphatic rings. The van der Waals surface area contributed by atoms with Crippen LogP contribution in [-0.2, 0) is 11.2 Å². The first kappa shape index (κ1) is 24.2. The molecule has 1 aliphatic heterocycles. The molecule has 2 aromatic carbocycles. The van der Waals surface area contributed by atoms with Crippen LogP contribution >= 0.6 is 22.9 Å². The number of halogens is 2. The third kappa shape index (κ3) is 5.26. The van der Waals surface area contributed by atoms with Crippen molar-refractivity contribution in [2.75, 3.05) is 19.7 Å². The Bertz CT molecular complexity index is 1160. The highest BCUT2D eigenvalue weighted by atomic mass is 35.5. The average molecular weight is 501 g/mol. The van der Waals surface area contributed by atoms with Crippen LogP contribution < -0.4 is 4.74 Å². The van der Waals surface area contributed by atoms with E-state index in [-0.39, 0.29) is 36.7 Å². The Kier molecular flexibility index (Phi) is 7.54. The van der Waals surface area contributed by atoms with Gasteiger partial charge in [-0.2, -0.15) is 0 Å². The SMILES string of the molecule is CC(C)N(CC(=O)N1CCc2sccc2C1COc1ccc(Cl)cc1)C(=O)c1ccccc1F. The van der Waals surface area contributed by atoms with E-state index in [1.165, 1.54) is 28.0 Å². The molecule has 5 nitrogen and oxygen atoms in total. The Morgan fingerprint density at radius 1 is 1.18 bits per heavy atom. The first-order valence-electron chi connectivity index (χ1n) is 11.1. The summed E-state index contributed by atoms with van der Waals surface area (Å²) in [4.78, 5) is 31.0. The zero-order valence-corrected chi connectivity index (χ0v) is 20.6. The lowest BCUT2D eigenvalue weighted by Crippen LogP contribution is -2.49. The third-order valence-corrected chi connectivity index (χ3v) is 7.18. The number of fused-ring (bicyclic) bond motifs is 1. The lowest BCUT2D eigenvalue weighted by Gasteiger charge is -2.37. The summed E-state index contributed by atoms with van der Waals surface area (Å²) in [6.45, 7) is 4.31. The van der Waals surface area contributed by atoms with Gasteiger partial charge in [0, 0.05) is 22.5 Å². The molecule has 1 aromatic heterocycles. The molecule has 0 N–H and O–H groups in total. The highest BCUT2D eigenvalue weighted by Gasteiger charge is 2.34. The number of ether oxygens (including phenoxy) is 1. The normalized spacial score (nSPS) is 15.2. The van der Waals surface area contributed by atoms with Crippen LogP contribution in [-0.4, -0.2) is 47.4 Å². The molecule has 34 heavy (non-hydrogen) atoms. The van der Waals surface area contributed by atoms with E-state index in [1.54, 1.807) is 46.6 Å². The first-order valence-corrected chi connectivity index (χ1v) is 12.4. The van der Waals surface area contributed by atoms with Gasteiger partial charge in [0.15, 0.2) is 0 Å². The van der Waals surface area contributed by atoms with Crippen molar-refractivity contribution >= 4 is 34.8 Å². The van der Waals surface area contributed by atoms with Gasteiger partial charge in [-0.25, -0.2) is 4.39 Å². The standard InChI is InChI=1S/C26H26ClFN2O3S/c1-17(2)30(26(32)20-5-3-4-6-22(20)28)15-25(31)29-13-11-24-21(12-14-34-24)23(29)16-33-19-9-7-18(27)8-10-19/h3-10,12,14,17,23H,11,13,15-16H2,1-2H3. The molecular formula is C26H26ClFN2O3S. The van der Waals surface area contributed by atoms with Crippen LogP contribution in [0, 0.1) is 5.82 Å². The molecule has 2 amide bonds. The zero-order valence-electron chi connectivity index (χ0n) is 19.0. The monoisotopic (exact) mass is 500 g/mol. The van der Waals surface area contributed by atoms with Crippen LogP contribution in [0.15, 0.2) is 60.0 Å². The number of amides is 2. The molecule has 0 aliphatic carbocycles. The number of thiophene rings is 1. The second kappa shape index (κ2) is 10.6. The van der Waals surface area contributed by atoms with Gasteiger partial charge in [0.1, 0.15) is 24.7 Å². The molecule has 0 saturated heterocycles. The molecule has 3 aromatic rings. The van der Waals surface area contributed by atoms with Crippen LogP contribution in [0.4, 0.5) is 4.39 Å². The van der Waals surface area contributed by atoms with Gasteiger partial charge < -0.3 is 14.5 Å². The fraction of sp³-hybridized carbons (Fsp3) is 0.308. The zero-order chi connectivity index (χ0) is 24.2. The summed E-state index contributed by atoms with van der Waals surface area (Å²) in [6, 6.07) is 14.4. The van der Waals surface area contributed by atoms with E-state index in [4.69, 9.17) is 16.3 Å². The van der Waals surface area contributed by atoms with E-state index >= 15 is 0 Å². The fourth-order valence-electron chi connectivity index (χ4n) is 4.10. The molecule has 0 saturated carbocycles. The second-order valence-corrected chi connectivity index (χ2v) is 9.86. The number of benzene rings is 2. The topological polar surface area (TPSA) is 49.9 Å². The van der Waals surface area contributed by atoms with Gasteiger partial charge in [0.2, 0.25) is 5.91 Å². The van der Waals surface area contributed by atoms with Gasteiger partial charge in [-0.1, -0.05) is 23.7 Å². The summed E-state index contributed by atoms with van der Waals surface area (Å²) in [5.74, 6) is -0.623. The van der Waals surface area contributed by atoms with Crippen molar-refractivity contribution in [2.45, 2.75) is 32.4 Å². The number of carbonyl (C=O) groups is 2. The summed E-state index contributed by atoms with van der Waals surface area (Å²) in [5.41, 5.74) is 1.03. The lowest BCUT2D eigenvalue weighted by molar-refractivity contribution is -0.136. The molecule has 0 fully saturated rings. The highest BCUT2D eigenvalue weighted by molar-refractivity contribution is 7.10. The molecule has 8 heteroatoms. The summed E-state index contributed by atoms with van der Waals surface area (Å²) >= 11 is 7.64. The van der Waals surface area contributed by atoms with Crippen molar-refractivity contribution in [1.82, 2.24) is 9.80 Å². The molecule has 1 atom stereocenters. The molecule has 1 unspecified atom stereocenters. The summed E-state index contributed by atoms with van der Waals surface area (Å²) in [6.07, 6.45) is 0.749. The molecule has 4 rings (SSSR count). The molecule has 0 radical (unpaired) electrons. The predicted molar refractivity (Wildman–Crippen MR) is 132 cm³/mol. The van der Waals surface area contributed by atoms with Crippen LogP contribution in [0.3, 0.4) is 0 Å². The quantitative estimate of drug-likeness (QED) is 0.424. The number of hydrogen-bond donors (Lipinski definition) is 0. The lowest BCUT2D eigenvalue weighted by atomic mass is 10.00. The van der Waals surface area contributed by atoms with Gasteiger partial charge in [-0.15, -0.1) is 11.3 Å². The van der Waals surface area contributed by atoms with E-state index in [0.29, 0.717) is 17.3 Å². The Morgan fingerprint density at radius 3 is 2.62 bits per heavy atom. The van der Waals surface area contributed by atoms with Gasteiger partial charge >= 0.3 is 0 Å². The fourth-order valence-corrected chi connectivity index (χ4v) is 5.15. The summed E-state index contributed by atoms with van der Waals surface area (Å²) in [5, 5.41) is 2.64. The van der Waals surface area contributed by atoms with Gasteiger partial charge in [0.25, 0.3) is 5.91 Å². The Hall–Kier alpha value is -2.90. The van der Waals surface area contributed by atoms with E-state index in [0.717, 1.165) is 12.0 Å². The Labute approximate surface area is 207 Å². The van der Waals surface area contributed by atoms with Crippen molar-refractivity contribution in [2.24, 2.45) is 0 Å². The van der Waals surface area contributed by atoms with Crippen molar-refractivity contribution in [3.8, 4) is 5.75 Å². The maximum absolute atomic E-state index is 14.3. The van der Waals surface area contributed by atoms with E-state index in [2.05, 4.69) is 0 Å². The minimum atomic E-state index is -0.597. The number of nitrogens with zero attached hydrogens (tertiary/aromatic N) is 2. The van der Waals surface area contributed by atoms with Crippen molar-refractivity contribution in [3.63, 3.8) is 0 Å². The molecule has 0 bridgehead atoms. The summed E-state index contributed by atoms with van der Waals surface area (Å²) in [7, 11) is 0. The average Bonchev–Trinajstić information content (AvgIpc) is 3.31. The number of hydrogen-bond acceptors (Lipinski definition) is 4. The highest BCUT2D eigenvalue weighted by Crippen LogP contribution is 2.34. The number of rotatable bonds is 7. The van der Waals surface area contributed by atoms with Crippen LogP contribution in [0.25, 0.3) is 0 Å². The molecule has 178 valence electrons.